The largest absolute Gasteiger partial charge is 0.497 e. The number of benzene rings is 1. The molecule has 0 bridgehead atoms. The van der Waals surface area contributed by atoms with E-state index in [0.717, 1.165) is 25.0 Å². The van der Waals surface area contributed by atoms with Gasteiger partial charge >= 0.3 is 0 Å². The molecule has 1 aromatic heterocycles. The molecular formula is C16H21NOS. The van der Waals surface area contributed by atoms with E-state index in [1.807, 2.05) is 19.2 Å². The summed E-state index contributed by atoms with van der Waals surface area (Å²) in [5, 5.41) is 7.79. The molecule has 0 aliphatic heterocycles. The van der Waals surface area contributed by atoms with E-state index in [2.05, 4.69) is 34.3 Å². The molecule has 1 N–H and O–H groups in total. The highest BCUT2D eigenvalue weighted by molar-refractivity contribution is 7.07. The molecule has 0 spiro atoms. The normalized spacial score (nSPS) is 12.3. The molecule has 1 atom stereocenters. The minimum atomic E-state index is 0.539. The summed E-state index contributed by atoms with van der Waals surface area (Å²) in [4.78, 5) is 0. The Labute approximate surface area is 119 Å². The lowest BCUT2D eigenvalue weighted by molar-refractivity contribution is 0.414. The second kappa shape index (κ2) is 7.31. The van der Waals surface area contributed by atoms with Crippen molar-refractivity contribution in [2.75, 3.05) is 14.2 Å². The fraction of sp³-hybridized carbons (Fsp3) is 0.375. The van der Waals surface area contributed by atoms with E-state index in [0.29, 0.717) is 6.04 Å². The Balaban J connectivity index is 1.84. The summed E-state index contributed by atoms with van der Waals surface area (Å²) in [7, 11) is 3.75. The summed E-state index contributed by atoms with van der Waals surface area (Å²) in [5.74, 6) is 0.923. The first kappa shape index (κ1) is 14.1. The molecular weight excluding hydrogens is 254 g/mol. The highest BCUT2D eigenvalue weighted by Crippen LogP contribution is 2.15. The zero-order valence-electron chi connectivity index (χ0n) is 11.6. The Morgan fingerprint density at radius 2 is 1.95 bits per heavy atom. The molecule has 0 aliphatic rings. The van der Waals surface area contributed by atoms with Crippen LogP contribution in [0.2, 0.25) is 0 Å². The van der Waals surface area contributed by atoms with Gasteiger partial charge in [-0.1, -0.05) is 12.1 Å². The molecule has 19 heavy (non-hydrogen) atoms. The summed E-state index contributed by atoms with van der Waals surface area (Å²) in [6, 6.07) is 11.1. The van der Waals surface area contributed by atoms with Gasteiger partial charge < -0.3 is 10.1 Å². The predicted octanol–water partition coefficient (Wildman–Crippen LogP) is 3.52. The van der Waals surface area contributed by atoms with Crippen molar-refractivity contribution in [3.63, 3.8) is 0 Å². The molecule has 2 aromatic rings. The number of hydrogen-bond acceptors (Lipinski definition) is 3. The Kier molecular flexibility index (Phi) is 5.43. The van der Waals surface area contributed by atoms with Crippen LogP contribution in [0.1, 0.15) is 17.5 Å². The molecule has 0 aliphatic carbocycles. The molecule has 102 valence electrons. The van der Waals surface area contributed by atoms with Gasteiger partial charge in [-0.2, -0.15) is 11.3 Å². The average Bonchev–Trinajstić information content (AvgIpc) is 2.97. The van der Waals surface area contributed by atoms with Crippen molar-refractivity contribution in [3.05, 3.63) is 52.2 Å². The van der Waals surface area contributed by atoms with E-state index in [1.54, 1.807) is 18.4 Å². The third-order valence-electron chi connectivity index (χ3n) is 3.41. The lowest BCUT2D eigenvalue weighted by Crippen LogP contribution is -2.27. The predicted molar refractivity (Wildman–Crippen MR) is 82.2 cm³/mol. The lowest BCUT2D eigenvalue weighted by Gasteiger charge is -2.15. The monoisotopic (exact) mass is 275 g/mol. The second-order valence-electron chi connectivity index (χ2n) is 4.71. The molecule has 0 saturated heterocycles. The topological polar surface area (TPSA) is 21.3 Å². The van der Waals surface area contributed by atoms with E-state index >= 15 is 0 Å². The van der Waals surface area contributed by atoms with Gasteiger partial charge in [0.05, 0.1) is 7.11 Å². The standard InChI is InChI=1S/C16H21NOS/c1-17-15(11-14-9-10-19-12-14)6-3-13-4-7-16(18-2)8-5-13/h4-5,7-10,12,15,17H,3,6,11H2,1-2H3. The van der Waals surface area contributed by atoms with Gasteiger partial charge in [-0.25, -0.2) is 0 Å². The molecule has 0 fully saturated rings. The van der Waals surface area contributed by atoms with E-state index in [1.165, 1.54) is 11.1 Å². The van der Waals surface area contributed by atoms with Gasteiger partial charge in [0.25, 0.3) is 0 Å². The minimum Gasteiger partial charge on any atom is -0.497 e. The maximum atomic E-state index is 5.17. The van der Waals surface area contributed by atoms with E-state index < -0.39 is 0 Å². The van der Waals surface area contributed by atoms with Crippen LogP contribution in [0, 0.1) is 0 Å². The van der Waals surface area contributed by atoms with Crippen LogP contribution >= 0.6 is 11.3 Å². The van der Waals surface area contributed by atoms with Crippen LogP contribution in [0.25, 0.3) is 0 Å². The van der Waals surface area contributed by atoms with Crippen LogP contribution in [0.3, 0.4) is 0 Å². The van der Waals surface area contributed by atoms with Gasteiger partial charge in [0.2, 0.25) is 0 Å². The van der Waals surface area contributed by atoms with Gasteiger partial charge in [-0.15, -0.1) is 0 Å². The maximum absolute atomic E-state index is 5.17. The third-order valence-corrected chi connectivity index (χ3v) is 4.14. The van der Waals surface area contributed by atoms with Crippen LogP contribution in [0.15, 0.2) is 41.1 Å². The number of likely N-dealkylation sites (N-methyl/N-ethyl adjacent to an activating group) is 1. The van der Waals surface area contributed by atoms with E-state index in [9.17, 15) is 0 Å². The Morgan fingerprint density at radius 3 is 2.53 bits per heavy atom. The first-order valence-electron chi connectivity index (χ1n) is 6.63. The molecule has 1 unspecified atom stereocenters. The number of rotatable bonds is 7. The molecule has 0 saturated carbocycles. The summed E-state index contributed by atoms with van der Waals surface area (Å²) < 4.78 is 5.17. The van der Waals surface area contributed by atoms with Gasteiger partial charge in [0, 0.05) is 6.04 Å². The van der Waals surface area contributed by atoms with Crippen molar-refractivity contribution in [2.45, 2.75) is 25.3 Å². The quantitative estimate of drug-likeness (QED) is 0.835. The van der Waals surface area contributed by atoms with Crippen LogP contribution in [-0.4, -0.2) is 20.2 Å². The molecule has 1 aromatic carbocycles. The number of thiophene rings is 1. The van der Waals surface area contributed by atoms with Gasteiger partial charge in [-0.05, 0) is 66.4 Å². The minimum absolute atomic E-state index is 0.539. The first-order valence-corrected chi connectivity index (χ1v) is 7.57. The summed E-state index contributed by atoms with van der Waals surface area (Å²) >= 11 is 1.77. The Morgan fingerprint density at radius 1 is 1.16 bits per heavy atom. The van der Waals surface area contributed by atoms with Crippen molar-refractivity contribution in [1.29, 1.82) is 0 Å². The molecule has 3 heteroatoms. The zero-order chi connectivity index (χ0) is 13.5. The van der Waals surface area contributed by atoms with Gasteiger partial charge in [0.15, 0.2) is 0 Å². The second-order valence-corrected chi connectivity index (χ2v) is 5.49. The van der Waals surface area contributed by atoms with Crippen LogP contribution in [0.5, 0.6) is 5.75 Å². The van der Waals surface area contributed by atoms with E-state index in [4.69, 9.17) is 4.74 Å². The molecule has 1 heterocycles. The van der Waals surface area contributed by atoms with Gasteiger partial charge in [0.1, 0.15) is 5.75 Å². The smallest absolute Gasteiger partial charge is 0.118 e. The third kappa shape index (κ3) is 4.37. The SMILES string of the molecule is CNC(CCc1ccc(OC)cc1)Cc1ccsc1. The Hall–Kier alpha value is -1.32. The van der Waals surface area contributed by atoms with Crippen molar-refractivity contribution in [1.82, 2.24) is 5.32 Å². The Bertz CT molecular complexity index is 464. The van der Waals surface area contributed by atoms with Crippen LogP contribution < -0.4 is 10.1 Å². The summed E-state index contributed by atoms with van der Waals surface area (Å²) in [5.41, 5.74) is 2.80. The molecule has 2 rings (SSSR count). The highest BCUT2D eigenvalue weighted by atomic mass is 32.1. The van der Waals surface area contributed by atoms with Crippen molar-refractivity contribution < 1.29 is 4.74 Å². The van der Waals surface area contributed by atoms with Gasteiger partial charge in [-0.3, -0.25) is 0 Å². The number of aryl methyl sites for hydroxylation is 1. The van der Waals surface area contributed by atoms with Crippen molar-refractivity contribution >= 4 is 11.3 Å². The molecule has 2 nitrogen and oxygen atoms in total. The first-order chi connectivity index (χ1) is 9.31. The maximum Gasteiger partial charge on any atom is 0.118 e. The lowest BCUT2D eigenvalue weighted by atomic mass is 10.0. The number of ether oxygens (including phenoxy) is 1. The number of nitrogens with one attached hydrogen (secondary N) is 1. The number of hydrogen-bond donors (Lipinski definition) is 1. The van der Waals surface area contributed by atoms with Crippen molar-refractivity contribution in [2.24, 2.45) is 0 Å². The average molecular weight is 275 g/mol. The number of methoxy groups -OCH3 is 1. The summed E-state index contributed by atoms with van der Waals surface area (Å²) in [6.45, 7) is 0. The van der Waals surface area contributed by atoms with Crippen molar-refractivity contribution in [3.8, 4) is 5.75 Å². The molecule has 0 amide bonds. The van der Waals surface area contributed by atoms with E-state index in [-0.39, 0.29) is 0 Å². The fourth-order valence-corrected chi connectivity index (χ4v) is 2.86. The van der Waals surface area contributed by atoms with Crippen LogP contribution in [-0.2, 0) is 12.8 Å². The summed E-state index contributed by atoms with van der Waals surface area (Å²) in [6.07, 6.45) is 3.36. The van der Waals surface area contributed by atoms with Crippen LogP contribution in [0.4, 0.5) is 0 Å². The fourth-order valence-electron chi connectivity index (χ4n) is 2.17. The zero-order valence-corrected chi connectivity index (χ0v) is 12.4. The molecule has 0 radical (unpaired) electrons. The highest BCUT2D eigenvalue weighted by Gasteiger charge is 2.08.